The predicted molar refractivity (Wildman–Crippen MR) is 86.7 cm³/mol. The minimum Gasteiger partial charge on any atom is -0.548 e. The summed E-state index contributed by atoms with van der Waals surface area (Å²) in [5, 5.41) is 23.2. The second-order valence-electron chi connectivity index (χ2n) is 7.12. The molecule has 0 aliphatic carbocycles. The molecular weight excluding hydrogens is 328 g/mol. The largest absolute Gasteiger partial charge is 0.548 e. The van der Waals surface area contributed by atoms with Crippen LogP contribution in [0.1, 0.15) is 39.2 Å². The molecule has 1 atom stereocenters. The number of hydrogen-bond donors (Lipinski definition) is 0. The van der Waals surface area contributed by atoms with E-state index in [-0.39, 0.29) is 30.6 Å². The average Bonchev–Trinajstić information content (AvgIpc) is 2.91. The van der Waals surface area contributed by atoms with E-state index in [4.69, 9.17) is 4.74 Å². The summed E-state index contributed by atoms with van der Waals surface area (Å²) in [7, 11) is 0. The molecule has 1 aliphatic heterocycles. The smallest absolute Gasteiger partial charge is 0.411 e. The number of carbonyl (C=O) groups excluding carboxylic acids is 2. The van der Waals surface area contributed by atoms with Gasteiger partial charge in [-0.05, 0) is 33.6 Å². The number of para-hydroxylation sites is 1. The molecule has 8 nitrogen and oxygen atoms in total. The SMILES string of the molecule is CC(C)(C)OC(=O)N1CCC[C@]1(Cc1ccccc1[N+](=O)[O-])C(=O)[O-]. The van der Waals surface area contributed by atoms with Crippen LogP contribution in [0.2, 0.25) is 0 Å². The van der Waals surface area contributed by atoms with Gasteiger partial charge in [-0.1, -0.05) is 18.2 Å². The first-order valence-electron chi connectivity index (χ1n) is 8.01. The summed E-state index contributed by atoms with van der Waals surface area (Å²) < 4.78 is 5.30. The molecule has 0 spiro atoms. The lowest BCUT2D eigenvalue weighted by Gasteiger charge is -2.40. The van der Waals surface area contributed by atoms with Crippen LogP contribution in [0.25, 0.3) is 0 Å². The van der Waals surface area contributed by atoms with E-state index in [1.807, 2.05) is 0 Å². The Hall–Kier alpha value is -2.64. The lowest BCUT2D eigenvalue weighted by Crippen LogP contribution is -2.60. The first kappa shape index (κ1) is 18.7. The first-order chi connectivity index (χ1) is 11.6. The topological polar surface area (TPSA) is 113 Å². The zero-order valence-electron chi connectivity index (χ0n) is 14.5. The third-order valence-electron chi connectivity index (χ3n) is 4.15. The lowest BCUT2D eigenvalue weighted by molar-refractivity contribution is -0.385. The summed E-state index contributed by atoms with van der Waals surface area (Å²) in [6, 6.07) is 5.91. The maximum absolute atomic E-state index is 12.5. The number of nitro groups is 1. The Bertz CT molecular complexity index is 697. The molecule has 2 rings (SSSR count). The van der Waals surface area contributed by atoms with Crippen molar-refractivity contribution in [2.45, 2.75) is 51.2 Å². The predicted octanol–water partition coefficient (Wildman–Crippen LogP) is 1.66. The number of benzene rings is 1. The van der Waals surface area contributed by atoms with Crippen molar-refractivity contribution in [1.29, 1.82) is 0 Å². The minimum atomic E-state index is -1.66. The van der Waals surface area contributed by atoms with E-state index < -0.39 is 28.1 Å². The van der Waals surface area contributed by atoms with Gasteiger partial charge < -0.3 is 14.6 Å². The monoisotopic (exact) mass is 349 g/mol. The molecule has 0 bridgehead atoms. The van der Waals surface area contributed by atoms with Crippen LogP contribution in [-0.4, -0.2) is 39.6 Å². The number of nitro benzene ring substituents is 1. The van der Waals surface area contributed by atoms with Crippen molar-refractivity contribution in [2.75, 3.05) is 6.54 Å². The summed E-state index contributed by atoms with van der Waals surface area (Å²) in [4.78, 5) is 36.2. The van der Waals surface area contributed by atoms with E-state index in [0.717, 1.165) is 4.90 Å². The van der Waals surface area contributed by atoms with E-state index in [0.29, 0.717) is 6.42 Å². The van der Waals surface area contributed by atoms with Crippen LogP contribution in [0, 0.1) is 10.1 Å². The quantitative estimate of drug-likeness (QED) is 0.603. The number of rotatable bonds is 4. The molecule has 8 heteroatoms. The third kappa shape index (κ3) is 3.89. The zero-order chi connectivity index (χ0) is 18.8. The van der Waals surface area contributed by atoms with Gasteiger partial charge in [-0.3, -0.25) is 15.0 Å². The second-order valence-corrected chi connectivity index (χ2v) is 7.12. The molecule has 1 aliphatic rings. The van der Waals surface area contributed by atoms with Gasteiger partial charge in [-0.15, -0.1) is 0 Å². The minimum absolute atomic E-state index is 0.153. The number of amides is 1. The van der Waals surface area contributed by atoms with E-state index in [1.165, 1.54) is 18.2 Å². The summed E-state index contributed by atoms with van der Waals surface area (Å²) in [6.45, 7) is 5.25. The number of carboxylic acids is 1. The van der Waals surface area contributed by atoms with Gasteiger partial charge in [-0.2, -0.15) is 0 Å². The molecule has 1 fully saturated rings. The van der Waals surface area contributed by atoms with Crippen LogP contribution in [0.5, 0.6) is 0 Å². The fourth-order valence-electron chi connectivity index (χ4n) is 3.08. The van der Waals surface area contributed by atoms with Crippen LogP contribution in [0.3, 0.4) is 0 Å². The average molecular weight is 349 g/mol. The highest BCUT2D eigenvalue weighted by Crippen LogP contribution is 2.36. The zero-order valence-corrected chi connectivity index (χ0v) is 14.5. The van der Waals surface area contributed by atoms with Crippen molar-refractivity contribution < 1.29 is 24.4 Å². The van der Waals surface area contributed by atoms with Crippen molar-refractivity contribution in [3.63, 3.8) is 0 Å². The van der Waals surface area contributed by atoms with Gasteiger partial charge in [0.1, 0.15) is 5.60 Å². The molecule has 1 saturated heterocycles. The Labute approximate surface area is 145 Å². The van der Waals surface area contributed by atoms with Crippen LogP contribution >= 0.6 is 0 Å². The molecule has 1 aromatic rings. The molecule has 0 N–H and O–H groups in total. The highest BCUT2D eigenvalue weighted by atomic mass is 16.6. The van der Waals surface area contributed by atoms with Crippen LogP contribution in [0.15, 0.2) is 24.3 Å². The molecule has 1 aromatic carbocycles. The summed E-state index contributed by atoms with van der Waals surface area (Å²) in [5.41, 5.74) is -2.38. The van der Waals surface area contributed by atoms with Crippen molar-refractivity contribution in [1.82, 2.24) is 4.90 Å². The summed E-state index contributed by atoms with van der Waals surface area (Å²) >= 11 is 0. The fraction of sp³-hybridized carbons (Fsp3) is 0.529. The number of carboxylic acid groups (broad SMARTS) is 1. The van der Waals surface area contributed by atoms with Crippen LogP contribution < -0.4 is 5.11 Å². The number of aliphatic carboxylic acids is 1. The Morgan fingerprint density at radius 2 is 1.96 bits per heavy atom. The second kappa shape index (κ2) is 6.70. The number of carbonyl (C=O) groups is 2. The fourth-order valence-corrected chi connectivity index (χ4v) is 3.08. The van der Waals surface area contributed by atoms with Gasteiger partial charge in [0.05, 0.1) is 16.4 Å². The molecule has 136 valence electrons. The van der Waals surface area contributed by atoms with E-state index >= 15 is 0 Å². The van der Waals surface area contributed by atoms with Crippen molar-refractivity contribution in [3.8, 4) is 0 Å². The lowest BCUT2D eigenvalue weighted by atomic mass is 9.87. The van der Waals surface area contributed by atoms with E-state index in [1.54, 1.807) is 26.8 Å². The van der Waals surface area contributed by atoms with E-state index in [2.05, 4.69) is 0 Å². The molecule has 0 saturated carbocycles. The summed E-state index contributed by atoms with van der Waals surface area (Å²) in [6.07, 6.45) is -0.354. The van der Waals surface area contributed by atoms with Gasteiger partial charge in [0.2, 0.25) is 0 Å². The van der Waals surface area contributed by atoms with Crippen LogP contribution in [0.4, 0.5) is 10.5 Å². The van der Waals surface area contributed by atoms with Crippen LogP contribution in [-0.2, 0) is 16.0 Å². The molecule has 1 amide bonds. The van der Waals surface area contributed by atoms with Gasteiger partial charge in [0, 0.05) is 24.6 Å². The first-order valence-corrected chi connectivity index (χ1v) is 8.01. The molecule has 0 unspecified atom stereocenters. The Morgan fingerprint density at radius 3 is 2.52 bits per heavy atom. The Balaban J connectivity index is 2.40. The highest BCUT2D eigenvalue weighted by Gasteiger charge is 2.47. The van der Waals surface area contributed by atoms with Gasteiger partial charge in [0.15, 0.2) is 0 Å². The third-order valence-corrected chi connectivity index (χ3v) is 4.15. The molecule has 1 heterocycles. The molecule has 0 radical (unpaired) electrons. The number of likely N-dealkylation sites (tertiary alicyclic amines) is 1. The maximum Gasteiger partial charge on any atom is 0.411 e. The Morgan fingerprint density at radius 1 is 1.32 bits per heavy atom. The number of ether oxygens (including phenoxy) is 1. The van der Waals surface area contributed by atoms with Crippen molar-refractivity contribution in [2.24, 2.45) is 0 Å². The number of nitrogens with zero attached hydrogens (tertiary/aromatic N) is 2. The molecule has 0 aromatic heterocycles. The van der Waals surface area contributed by atoms with Crippen molar-refractivity contribution >= 4 is 17.7 Å². The van der Waals surface area contributed by atoms with Gasteiger partial charge in [-0.25, -0.2) is 4.79 Å². The van der Waals surface area contributed by atoms with E-state index in [9.17, 15) is 24.8 Å². The summed E-state index contributed by atoms with van der Waals surface area (Å²) in [5.74, 6) is -1.44. The molecule has 25 heavy (non-hydrogen) atoms. The maximum atomic E-state index is 12.5. The van der Waals surface area contributed by atoms with Gasteiger partial charge >= 0.3 is 6.09 Å². The normalized spacial score (nSPS) is 20.4. The highest BCUT2D eigenvalue weighted by molar-refractivity contribution is 5.84. The van der Waals surface area contributed by atoms with Gasteiger partial charge in [0.25, 0.3) is 5.69 Å². The van der Waals surface area contributed by atoms with Crippen molar-refractivity contribution in [3.05, 3.63) is 39.9 Å². The Kier molecular flexibility index (Phi) is 5.01. The number of hydrogen-bond acceptors (Lipinski definition) is 6. The standard InChI is InChI=1S/C17H22N2O6/c1-16(2,3)25-15(22)18-10-6-9-17(18,14(20)21)11-12-7-4-5-8-13(12)19(23)24/h4-5,7-8H,6,9-11H2,1-3H3,(H,20,21)/p-1/t17-/m0/s1. The molecular formula is C17H21N2O6-.